The lowest BCUT2D eigenvalue weighted by atomic mass is 10.0. The van der Waals surface area contributed by atoms with E-state index in [9.17, 15) is 9.90 Å². The van der Waals surface area contributed by atoms with E-state index in [2.05, 4.69) is 0 Å². The molecule has 0 amide bonds. The van der Waals surface area contributed by atoms with Gasteiger partial charge in [0.25, 0.3) is 0 Å². The maximum Gasteiger partial charge on any atom is 0.162 e. The number of benzene rings is 1. The molecule has 1 aliphatic carbocycles. The fraction of sp³-hybridized carbons (Fsp3) is 0.316. The molecule has 21 heavy (non-hydrogen) atoms. The van der Waals surface area contributed by atoms with Crippen molar-refractivity contribution in [1.82, 2.24) is 0 Å². The summed E-state index contributed by atoms with van der Waals surface area (Å²) in [6, 6.07) is 9.42. The third-order valence-electron chi connectivity index (χ3n) is 3.76. The zero-order chi connectivity index (χ0) is 15.1. The van der Waals surface area contributed by atoms with Crippen molar-refractivity contribution in [3.8, 4) is 0 Å². The van der Waals surface area contributed by atoms with Crippen LogP contribution in [0.2, 0.25) is 0 Å². The predicted octanol–water partition coefficient (Wildman–Crippen LogP) is 5.15. The first-order chi connectivity index (χ1) is 10.2. The summed E-state index contributed by atoms with van der Waals surface area (Å²) in [6.45, 7) is 2.00. The Kier molecular flexibility index (Phi) is 5.56. The molecule has 0 fully saturated rings. The standard InChI is InChI=1S/C19H22O2/c1-15-9-8-12-17(15)19(21)14-7-3-6-13-18(20)16-10-4-2-5-11-16/h2,4-5,8-12,21H,3,6-7,13-14H2,1H3. The molecule has 0 unspecified atom stereocenters. The molecule has 1 aromatic rings. The fourth-order valence-corrected chi connectivity index (χ4v) is 2.49. The van der Waals surface area contributed by atoms with E-state index in [4.69, 9.17) is 0 Å². The van der Waals surface area contributed by atoms with Gasteiger partial charge in [-0.2, -0.15) is 0 Å². The summed E-state index contributed by atoms with van der Waals surface area (Å²) in [5.41, 5.74) is 2.86. The van der Waals surface area contributed by atoms with Crippen LogP contribution in [0.25, 0.3) is 0 Å². The smallest absolute Gasteiger partial charge is 0.162 e. The number of allylic oxidation sites excluding steroid dienone is 6. The van der Waals surface area contributed by atoms with Crippen LogP contribution in [0.5, 0.6) is 0 Å². The molecule has 1 N–H and O–H groups in total. The number of Topliss-reactive ketones (excluding diaryl/α,β-unsaturated/α-hetero) is 1. The number of carbonyl (C=O) groups is 1. The minimum Gasteiger partial charge on any atom is -0.512 e. The Balaban J connectivity index is 1.68. The van der Waals surface area contributed by atoms with Gasteiger partial charge in [-0.25, -0.2) is 0 Å². The maximum atomic E-state index is 11.9. The third kappa shape index (κ3) is 4.45. The van der Waals surface area contributed by atoms with Gasteiger partial charge in [-0.3, -0.25) is 4.79 Å². The van der Waals surface area contributed by atoms with Crippen LogP contribution < -0.4 is 0 Å². The summed E-state index contributed by atoms with van der Waals surface area (Å²) in [6.07, 6.45) is 9.93. The lowest BCUT2D eigenvalue weighted by Gasteiger charge is -2.05. The number of aliphatic hydroxyl groups is 1. The number of aliphatic hydroxyl groups excluding tert-OH is 1. The highest BCUT2D eigenvalue weighted by atomic mass is 16.3. The van der Waals surface area contributed by atoms with Crippen LogP contribution >= 0.6 is 0 Å². The van der Waals surface area contributed by atoms with Gasteiger partial charge in [-0.05, 0) is 25.3 Å². The Morgan fingerprint density at radius 1 is 1.05 bits per heavy atom. The molecule has 0 atom stereocenters. The summed E-state index contributed by atoms with van der Waals surface area (Å²) < 4.78 is 0. The van der Waals surface area contributed by atoms with Gasteiger partial charge in [-0.15, -0.1) is 0 Å². The van der Waals surface area contributed by atoms with E-state index in [1.807, 2.05) is 55.5 Å². The van der Waals surface area contributed by atoms with Gasteiger partial charge in [0, 0.05) is 24.0 Å². The van der Waals surface area contributed by atoms with Crippen molar-refractivity contribution in [2.24, 2.45) is 0 Å². The van der Waals surface area contributed by atoms with Crippen LogP contribution in [0.1, 0.15) is 49.4 Å². The Bertz CT molecular complexity index is 577. The summed E-state index contributed by atoms with van der Waals surface area (Å²) in [4.78, 5) is 11.9. The molecule has 2 nitrogen and oxygen atoms in total. The number of hydrogen-bond acceptors (Lipinski definition) is 2. The monoisotopic (exact) mass is 282 g/mol. The van der Waals surface area contributed by atoms with E-state index in [1.165, 1.54) is 0 Å². The molecule has 0 bridgehead atoms. The second-order valence-electron chi connectivity index (χ2n) is 5.42. The number of unbranched alkanes of at least 4 members (excludes halogenated alkanes) is 2. The van der Waals surface area contributed by atoms with Gasteiger partial charge < -0.3 is 5.11 Å². The molecule has 0 aliphatic heterocycles. The summed E-state index contributed by atoms with van der Waals surface area (Å²) >= 11 is 0. The van der Waals surface area contributed by atoms with Gasteiger partial charge in [0.2, 0.25) is 0 Å². The predicted molar refractivity (Wildman–Crippen MR) is 86.4 cm³/mol. The van der Waals surface area contributed by atoms with Crippen LogP contribution in [-0.4, -0.2) is 10.9 Å². The van der Waals surface area contributed by atoms with Crippen molar-refractivity contribution in [1.29, 1.82) is 0 Å². The molecule has 0 saturated carbocycles. The van der Waals surface area contributed by atoms with Crippen molar-refractivity contribution in [2.75, 3.05) is 0 Å². The molecule has 1 aliphatic rings. The third-order valence-corrected chi connectivity index (χ3v) is 3.76. The molecule has 2 heteroatoms. The van der Waals surface area contributed by atoms with Gasteiger partial charge >= 0.3 is 0 Å². The van der Waals surface area contributed by atoms with Gasteiger partial charge in [-0.1, -0.05) is 55.0 Å². The first kappa shape index (κ1) is 15.3. The second kappa shape index (κ2) is 7.63. The van der Waals surface area contributed by atoms with E-state index in [1.54, 1.807) is 0 Å². The Hall–Kier alpha value is -2.09. The van der Waals surface area contributed by atoms with E-state index >= 15 is 0 Å². The van der Waals surface area contributed by atoms with Crippen LogP contribution in [0, 0.1) is 0 Å². The van der Waals surface area contributed by atoms with E-state index < -0.39 is 0 Å². The zero-order valence-corrected chi connectivity index (χ0v) is 12.5. The van der Waals surface area contributed by atoms with E-state index in [0.717, 1.165) is 36.0 Å². The molecule has 110 valence electrons. The van der Waals surface area contributed by atoms with Crippen LogP contribution in [0.4, 0.5) is 0 Å². The van der Waals surface area contributed by atoms with Gasteiger partial charge in [0.15, 0.2) is 5.78 Å². The molecule has 1 aromatic carbocycles. The van der Waals surface area contributed by atoms with Gasteiger partial charge in [0.1, 0.15) is 0 Å². The first-order valence-corrected chi connectivity index (χ1v) is 7.54. The van der Waals surface area contributed by atoms with Crippen molar-refractivity contribution in [3.05, 3.63) is 71.0 Å². The van der Waals surface area contributed by atoms with Crippen molar-refractivity contribution in [3.63, 3.8) is 0 Å². The van der Waals surface area contributed by atoms with Crippen LogP contribution in [0.15, 0.2) is 65.5 Å². The number of hydrogen-bond donors (Lipinski definition) is 1. The number of rotatable bonds is 7. The highest BCUT2D eigenvalue weighted by Crippen LogP contribution is 2.23. The molecular weight excluding hydrogens is 260 g/mol. The van der Waals surface area contributed by atoms with E-state index in [0.29, 0.717) is 18.6 Å². The molecular formula is C19H22O2. The normalized spacial score (nSPS) is 16.0. The zero-order valence-electron chi connectivity index (χ0n) is 12.5. The van der Waals surface area contributed by atoms with Crippen molar-refractivity contribution < 1.29 is 9.90 Å². The summed E-state index contributed by atoms with van der Waals surface area (Å²) in [5, 5.41) is 10.0. The van der Waals surface area contributed by atoms with E-state index in [-0.39, 0.29) is 5.78 Å². The highest BCUT2D eigenvalue weighted by molar-refractivity contribution is 5.95. The Morgan fingerprint density at radius 2 is 1.76 bits per heavy atom. The average Bonchev–Trinajstić information content (AvgIpc) is 2.93. The Morgan fingerprint density at radius 3 is 2.43 bits per heavy atom. The largest absolute Gasteiger partial charge is 0.512 e. The van der Waals surface area contributed by atoms with Crippen molar-refractivity contribution in [2.45, 2.75) is 39.0 Å². The topological polar surface area (TPSA) is 37.3 Å². The molecule has 0 heterocycles. The summed E-state index contributed by atoms with van der Waals surface area (Å²) in [7, 11) is 0. The second-order valence-corrected chi connectivity index (χ2v) is 5.42. The molecule has 2 rings (SSSR count). The fourth-order valence-electron chi connectivity index (χ4n) is 2.49. The molecule has 0 radical (unpaired) electrons. The first-order valence-electron chi connectivity index (χ1n) is 7.54. The average molecular weight is 282 g/mol. The molecule has 0 saturated heterocycles. The molecule has 0 spiro atoms. The highest BCUT2D eigenvalue weighted by Gasteiger charge is 2.08. The van der Waals surface area contributed by atoms with Crippen molar-refractivity contribution >= 4 is 5.78 Å². The number of carbonyl (C=O) groups excluding carboxylic acids is 1. The SMILES string of the molecule is CC1=CC=CC1=C(O)CCCCCC(=O)c1ccccc1. The van der Waals surface area contributed by atoms with Crippen LogP contribution in [0.3, 0.4) is 0 Å². The lowest BCUT2D eigenvalue weighted by Crippen LogP contribution is -1.98. The lowest BCUT2D eigenvalue weighted by molar-refractivity contribution is 0.0979. The number of ketones is 1. The summed E-state index contributed by atoms with van der Waals surface area (Å²) in [5.74, 6) is 0.669. The van der Waals surface area contributed by atoms with Crippen LogP contribution in [-0.2, 0) is 0 Å². The Labute approximate surface area is 126 Å². The molecule has 0 aromatic heterocycles. The minimum atomic E-state index is 0.204. The maximum absolute atomic E-state index is 11.9. The minimum absolute atomic E-state index is 0.204. The van der Waals surface area contributed by atoms with Gasteiger partial charge in [0.05, 0.1) is 5.76 Å². The quantitative estimate of drug-likeness (QED) is 0.426.